The molecule has 1 aliphatic heterocycles. The molecular formula is C55H69F2N7O15S. The van der Waals surface area contributed by atoms with Gasteiger partial charge in [0.1, 0.15) is 17.7 Å². The number of hydrogen-bond acceptors (Lipinski definition) is 14. The first-order valence-corrected chi connectivity index (χ1v) is 27.1. The third-order valence-corrected chi connectivity index (χ3v) is 13.7. The van der Waals surface area contributed by atoms with Crippen molar-refractivity contribution in [1.29, 1.82) is 0 Å². The highest BCUT2D eigenvalue weighted by molar-refractivity contribution is 7.99. The Bertz CT molecular complexity index is 2770. The van der Waals surface area contributed by atoms with E-state index in [-0.39, 0.29) is 94.4 Å². The minimum Gasteiger partial charge on any atom is -0.481 e. The molecule has 7 N–H and O–H groups in total. The lowest BCUT2D eigenvalue weighted by Gasteiger charge is -2.41. The fourth-order valence-corrected chi connectivity index (χ4v) is 9.55. The first kappa shape index (κ1) is 64.7. The van der Waals surface area contributed by atoms with E-state index in [2.05, 4.69) is 16.0 Å². The number of hydroxylamine groups is 2. The van der Waals surface area contributed by atoms with Gasteiger partial charge in [-0.1, -0.05) is 58.0 Å². The number of unbranched alkanes of at least 4 members (excludes halogenated alkanes) is 1. The van der Waals surface area contributed by atoms with E-state index in [1.807, 2.05) is 55.7 Å². The number of imide groups is 1. The number of carbonyl (C=O) groups is 12. The van der Waals surface area contributed by atoms with E-state index < -0.39 is 131 Å². The standard InChI is InChI=1S/C55H69F2N7O15S/c1-32(24-43(66)33(2)59-45(68)15-11-16-51(75)79-64-47(70)19-20-48(64)71)53(76)61-39(27-44(58)67)42(65)14-9-10-22-63(49(72)31-80-23-21-46(69)60-40(54(77)78)28-50(73)74)52(55(3,4)5)41-25-35(37-26-36(56)17-18-38(37)57)30-62(41)29-34-12-7-6-8-13-34/h6-8,12-13,17-18,25-26,30,32-33,39-40,52H,9-11,14-16,19-24,27-29,31H2,1-5H3,(H2,58,67)(H,59,68)(H,60,69)(H,61,76)(H,73,74)(H,77,78)/t32-,33-,39-,40+,52-/m0/s1. The van der Waals surface area contributed by atoms with E-state index in [0.29, 0.717) is 16.3 Å². The molecule has 0 saturated carbocycles. The van der Waals surface area contributed by atoms with Gasteiger partial charge in [-0.05, 0) is 61.4 Å². The summed E-state index contributed by atoms with van der Waals surface area (Å²) in [6, 6.07) is 9.13. The lowest BCUT2D eigenvalue weighted by atomic mass is 9.82. The number of Topliss-reactive ketones (excluding diaryl/α,β-unsaturated/α-hetero) is 2. The number of aromatic nitrogens is 1. The van der Waals surface area contributed by atoms with Gasteiger partial charge in [-0.3, -0.25) is 47.9 Å². The van der Waals surface area contributed by atoms with Gasteiger partial charge < -0.3 is 46.2 Å². The summed E-state index contributed by atoms with van der Waals surface area (Å²) in [4.78, 5) is 157. The number of nitrogens with two attached hydrogens (primary N) is 1. The van der Waals surface area contributed by atoms with Gasteiger partial charge in [-0.25, -0.2) is 18.4 Å². The minimum atomic E-state index is -1.67. The van der Waals surface area contributed by atoms with E-state index in [9.17, 15) is 67.0 Å². The zero-order chi connectivity index (χ0) is 59.4. The Labute approximate surface area is 465 Å². The molecule has 80 heavy (non-hydrogen) atoms. The second-order valence-electron chi connectivity index (χ2n) is 20.5. The second-order valence-corrected chi connectivity index (χ2v) is 21.6. The number of nitrogens with one attached hydrogen (secondary N) is 3. The highest BCUT2D eigenvalue weighted by atomic mass is 32.2. The number of thioether (sulfide) groups is 1. The van der Waals surface area contributed by atoms with E-state index >= 15 is 4.39 Å². The molecule has 3 aromatic rings. The molecule has 25 heteroatoms. The number of aliphatic carboxylic acids is 2. The Morgan fingerprint density at radius 2 is 1.44 bits per heavy atom. The average molecular weight is 1140 g/mol. The molecule has 2 aromatic carbocycles. The van der Waals surface area contributed by atoms with E-state index in [1.165, 1.54) is 13.8 Å². The number of primary amides is 1. The summed E-state index contributed by atoms with van der Waals surface area (Å²) >= 11 is 1.06. The molecule has 2 heterocycles. The van der Waals surface area contributed by atoms with Gasteiger partial charge in [0.15, 0.2) is 11.6 Å². The van der Waals surface area contributed by atoms with Crippen LogP contribution in [-0.2, 0) is 68.9 Å². The Hall–Kier alpha value is -7.83. The predicted molar refractivity (Wildman–Crippen MR) is 285 cm³/mol. The largest absolute Gasteiger partial charge is 0.481 e. The summed E-state index contributed by atoms with van der Waals surface area (Å²) < 4.78 is 31.9. The van der Waals surface area contributed by atoms with Crippen molar-refractivity contribution < 1.29 is 81.4 Å². The smallest absolute Gasteiger partial charge is 0.333 e. The van der Waals surface area contributed by atoms with Crippen molar-refractivity contribution in [3.8, 4) is 11.1 Å². The minimum absolute atomic E-state index is 0.0150. The van der Waals surface area contributed by atoms with Crippen LogP contribution in [0.25, 0.3) is 11.1 Å². The topological polar surface area (TPSA) is 328 Å². The van der Waals surface area contributed by atoms with Gasteiger partial charge in [-0.15, -0.1) is 5.06 Å². The van der Waals surface area contributed by atoms with Crippen LogP contribution >= 0.6 is 11.8 Å². The number of hydrogen-bond donors (Lipinski definition) is 6. The lowest BCUT2D eigenvalue weighted by molar-refractivity contribution is -0.197. The Kier molecular flexibility index (Phi) is 24.7. The fourth-order valence-electron chi connectivity index (χ4n) is 8.74. The zero-order valence-corrected chi connectivity index (χ0v) is 46.1. The van der Waals surface area contributed by atoms with Crippen LogP contribution < -0.4 is 21.7 Å². The maximum absolute atomic E-state index is 15.4. The molecule has 1 aromatic heterocycles. The average Bonchev–Trinajstić information content (AvgIpc) is 3.95. The molecule has 0 unspecified atom stereocenters. The number of carbonyl (C=O) groups excluding carboxylic acids is 10. The van der Waals surface area contributed by atoms with E-state index in [4.69, 9.17) is 15.7 Å². The molecule has 434 valence electrons. The van der Waals surface area contributed by atoms with Crippen LogP contribution in [0.4, 0.5) is 8.78 Å². The van der Waals surface area contributed by atoms with Crippen LogP contribution in [0.5, 0.6) is 0 Å². The van der Waals surface area contributed by atoms with Gasteiger partial charge in [0.25, 0.3) is 11.8 Å². The summed E-state index contributed by atoms with van der Waals surface area (Å²) in [6.45, 7) is 8.73. The summed E-state index contributed by atoms with van der Waals surface area (Å²) in [5, 5.41) is 26.0. The quantitative estimate of drug-likeness (QED) is 0.0360. The highest BCUT2D eigenvalue weighted by Gasteiger charge is 2.38. The second kappa shape index (κ2) is 30.5. The first-order valence-electron chi connectivity index (χ1n) is 26.0. The number of benzene rings is 2. The first-order chi connectivity index (χ1) is 37.6. The third-order valence-electron chi connectivity index (χ3n) is 12.8. The Morgan fingerprint density at radius 1 is 0.775 bits per heavy atom. The molecule has 1 aliphatic rings. The lowest BCUT2D eigenvalue weighted by Crippen LogP contribution is -2.46. The normalized spacial score (nSPS) is 14.3. The van der Waals surface area contributed by atoms with Crippen molar-refractivity contribution >= 4 is 82.6 Å². The van der Waals surface area contributed by atoms with E-state index in [0.717, 1.165) is 35.5 Å². The van der Waals surface area contributed by atoms with Gasteiger partial charge in [0, 0.05) is 92.7 Å². The third kappa shape index (κ3) is 20.4. The van der Waals surface area contributed by atoms with Gasteiger partial charge in [0.05, 0.1) is 36.7 Å². The monoisotopic (exact) mass is 1140 g/mol. The molecule has 5 atom stereocenters. The zero-order valence-electron chi connectivity index (χ0n) is 45.3. The van der Waals surface area contributed by atoms with Crippen LogP contribution in [0.15, 0.2) is 60.8 Å². The molecule has 1 fully saturated rings. The SMILES string of the molecule is C[C@H](NC(=O)CCCC(=O)ON1C(=O)CCC1=O)C(=O)C[C@H](C)C(=O)N[C@@H](CC(N)=O)C(=O)CCCCN(C(=O)CSCCC(=O)N[C@H](CC(=O)O)C(=O)O)[C@@H](c1cc(-c2cc(F)ccc2F)cn1Cc1ccccc1)C(C)(C)C. The van der Waals surface area contributed by atoms with Crippen molar-refractivity contribution in [3.63, 3.8) is 0 Å². The van der Waals surface area contributed by atoms with Crippen LogP contribution in [-0.4, -0.2) is 132 Å². The molecule has 22 nitrogen and oxygen atoms in total. The molecule has 0 aliphatic carbocycles. The number of nitrogens with zero attached hydrogens (tertiary/aromatic N) is 3. The Morgan fingerprint density at radius 3 is 2.06 bits per heavy atom. The summed E-state index contributed by atoms with van der Waals surface area (Å²) in [6.07, 6.45) is -1.01. The maximum atomic E-state index is 15.4. The number of amides is 7. The molecule has 4 rings (SSSR count). The molecule has 0 spiro atoms. The van der Waals surface area contributed by atoms with Crippen molar-refractivity contribution in [2.75, 3.05) is 18.1 Å². The van der Waals surface area contributed by atoms with Crippen molar-refractivity contribution in [2.24, 2.45) is 17.1 Å². The van der Waals surface area contributed by atoms with E-state index in [1.54, 1.807) is 17.2 Å². The number of halogens is 2. The maximum Gasteiger partial charge on any atom is 0.333 e. The van der Waals surface area contributed by atoms with Crippen LogP contribution in [0.1, 0.15) is 129 Å². The number of ketones is 2. The number of carboxylic acids is 2. The molecule has 0 radical (unpaired) electrons. The van der Waals surface area contributed by atoms with Crippen LogP contribution in [0, 0.1) is 23.0 Å². The van der Waals surface area contributed by atoms with Gasteiger partial charge in [0.2, 0.25) is 29.5 Å². The molecule has 1 saturated heterocycles. The summed E-state index contributed by atoms with van der Waals surface area (Å²) in [5.74, 6) is -12.3. The fraction of sp³-hybridized carbons (Fsp3) is 0.491. The molecule has 0 bridgehead atoms. The number of rotatable bonds is 33. The Balaban J connectivity index is 1.48. The highest BCUT2D eigenvalue weighted by Crippen LogP contribution is 2.41. The molecular weight excluding hydrogens is 1070 g/mol. The number of carboxylic acid groups (broad SMARTS) is 2. The molecule has 7 amide bonds. The van der Waals surface area contributed by atoms with Gasteiger partial charge >= 0.3 is 17.9 Å². The summed E-state index contributed by atoms with van der Waals surface area (Å²) in [7, 11) is 0. The van der Waals surface area contributed by atoms with Gasteiger partial charge in [-0.2, -0.15) is 11.8 Å². The van der Waals surface area contributed by atoms with Crippen LogP contribution in [0.2, 0.25) is 0 Å². The van der Waals surface area contributed by atoms with Crippen LogP contribution in [0.3, 0.4) is 0 Å². The predicted octanol–water partition coefficient (Wildman–Crippen LogP) is 4.54. The van der Waals surface area contributed by atoms with Crippen molar-refractivity contribution in [3.05, 3.63) is 83.7 Å². The van der Waals surface area contributed by atoms with Crippen molar-refractivity contribution in [1.82, 2.24) is 30.5 Å². The van der Waals surface area contributed by atoms with Crippen molar-refractivity contribution in [2.45, 2.75) is 142 Å². The summed E-state index contributed by atoms with van der Waals surface area (Å²) in [5.41, 5.74) is 6.43.